The van der Waals surface area contributed by atoms with Gasteiger partial charge in [-0.1, -0.05) is 39.8 Å². The summed E-state index contributed by atoms with van der Waals surface area (Å²) >= 11 is 4.35. The highest BCUT2D eigenvalue weighted by Gasteiger charge is 2.29. The zero-order valence-corrected chi connectivity index (χ0v) is 14.9. The van der Waals surface area contributed by atoms with Crippen molar-refractivity contribution in [2.75, 3.05) is 11.1 Å². The maximum absolute atomic E-state index is 12.1. The van der Waals surface area contributed by atoms with E-state index in [0.717, 1.165) is 21.8 Å². The van der Waals surface area contributed by atoms with Crippen LogP contribution in [0.4, 0.5) is 10.5 Å². The summed E-state index contributed by atoms with van der Waals surface area (Å²) in [5.74, 6) is -0.158. The molecule has 0 spiro atoms. The van der Waals surface area contributed by atoms with Crippen LogP contribution in [0.25, 0.3) is 0 Å². The highest BCUT2D eigenvalue weighted by atomic mass is 79.9. The molecule has 2 aromatic rings. The number of carbonyl (C=O) groups excluding carboxylic acids is 3. The number of thioether (sulfide) groups is 1. The minimum Gasteiger partial charge on any atom is -0.322 e. The molecular weight excluding hydrogens is 392 g/mol. The Balaban J connectivity index is 1.64. The number of nitrogens with zero attached hydrogens (tertiary/aromatic N) is 1. The third-order valence-electron chi connectivity index (χ3n) is 3.50. The van der Waals surface area contributed by atoms with E-state index in [1.165, 1.54) is 4.90 Å². The van der Waals surface area contributed by atoms with E-state index >= 15 is 0 Å². The topological polar surface area (TPSA) is 66.5 Å². The van der Waals surface area contributed by atoms with Gasteiger partial charge in [-0.15, -0.1) is 0 Å². The average Bonchev–Trinajstić information content (AvgIpc) is 2.89. The summed E-state index contributed by atoms with van der Waals surface area (Å²) < 4.78 is 0.910. The second kappa shape index (κ2) is 7.19. The van der Waals surface area contributed by atoms with Gasteiger partial charge >= 0.3 is 0 Å². The molecule has 7 heteroatoms. The molecule has 0 bridgehead atoms. The summed E-state index contributed by atoms with van der Waals surface area (Å²) in [6.07, 6.45) is 0. The van der Waals surface area contributed by atoms with Crippen LogP contribution in [-0.2, 0) is 11.3 Å². The maximum Gasteiger partial charge on any atom is 0.289 e. The Morgan fingerprint density at radius 3 is 2.33 bits per heavy atom. The highest BCUT2D eigenvalue weighted by molar-refractivity contribution is 9.10. The van der Waals surface area contributed by atoms with Crippen molar-refractivity contribution in [2.24, 2.45) is 0 Å². The summed E-state index contributed by atoms with van der Waals surface area (Å²) in [5, 5.41) is 2.60. The number of rotatable bonds is 4. The normalized spacial score (nSPS) is 14.1. The number of carbonyl (C=O) groups is 3. The molecule has 1 fully saturated rings. The molecule has 2 aromatic carbocycles. The van der Waals surface area contributed by atoms with Crippen molar-refractivity contribution in [2.45, 2.75) is 6.54 Å². The molecule has 1 aliphatic heterocycles. The van der Waals surface area contributed by atoms with Gasteiger partial charge in [-0.2, -0.15) is 0 Å². The van der Waals surface area contributed by atoms with Gasteiger partial charge in [-0.3, -0.25) is 19.3 Å². The first-order chi connectivity index (χ1) is 11.5. The fourth-order valence-electron chi connectivity index (χ4n) is 2.21. The number of hydrogen-bond acceptors (Lipinski definition) is 4. The molecule has 3 amide bonds. The van der Waals surface area contributed by atoms with Crippen LogP contribution in [0.15, 0.2) is 53.0 Å². The Labute approximate surface area is 151 Å². The van der Waals surface area contributed by atoms with Gasteiger partial charge in [0.05, 0.1) is 12.3 Å². The largest absolute Gasteiger partial charge is 0.322 e. The van der Waals surface area contributed by atoms with Gasteiger partial charge in [0.2, 0.25) is 5.91 Å². The van der Waals surface area contributed by atoms with Crippen molar-refractivity contribution in [1.82, 2.24) is 4.90 Å². The summed E-state index contributed by atoms with van der Waals surface area (Å²) in [6, 6.07) is 14.2. The SMILES string of the molecule is O=C(Nc1ccc(CN2C(=O)CSC2=O)cc1)c1ccc(Br)cc1. The molecule has 24 heavy (non-hydrogen) atoms. The van der Waals surface area contributed by atoms with Crippen LogP contribution in [-0.4, -0.2) is 27.7 Å². The molecule has 0 aliphatic carbocycles. The number of benzene rings is 2. The lowest BCUT2D eigenvalue weighted by Crippen LogP contribution is -2.27. The lowest BCUT2D eigenvalue weighted by atomic mass is 10.1. The zero-order valence-electron chi connectivity index (χ0n) is 12.5. The van der Waals surface area contributed by atoms with Gasteiger partial charge in [0.1, 0.15) is 0 Å². The summed E-state index contributed by atoms with van der Waals surface area (Å²) in [4.78, 5) is 36.6. The molecular formula is C17H13BrN2O3S. The lowest BCUT2D eigenvalue weighted by Gasteiger charge is -2.13. The number of amides is 3. The Kier molecular flexibility index (Phi) is 5.01. The molecule has 0 unspecified atom stereocenters. The van der Waals surface area contributed by atoms with Crippen LogP contribution < -0.4 is 5.32 Å². The van der Waals surface area contributed by atoms with E-state index in [1.807, 2.05) is 0 Å². The van der Waals surface area contributed by atoms with Gasteiger partial charge in [-0.25, -0.2) is 0 Å². The Morgan fingerprint density at radius 2 is 1.75 bits per heavy atom. The van der Waals surface area contributed by atoms with E-state index < -0.39 is 0 Å². The Hall–Kier alpha value is -2.12. The lowest BCUT2D eigenvalue weighted by molar-refractivity contribution is -0.125. The minimum absolute atomic E-state index is 0.169. The van der Waals surface area contributed by atoms with Crippen LogP contribution in [0.1, 0.15) is 15.9 Å². The second-order valence-corrected chi connectivity index (χ2v) is 7.03. The quantitative estimate of drug-likeness (QED) is 0.838. The molecule has 122 valence electrons. The van der Waals surface area contributed by atoms with E-state index in [0.29, 0.717) is 11.3 Å². The first-order valence-electron chi connectivity index (χ1n) is 7.16. The monoisotopic (exact) mass is 404 g/mol. The van der Waals surface area contributed by atoms with Crippen LogP contribution in [0.3, 0.4) is 0 Å². The molecule has 0 radical (unpaired) electrons. The predicted molar refractivity (Wildman–Crippen MR) is 96.9 cm³/mol. The van der Waals surface area contributed by atoms with Crippen molar-refractivity contribution < 1.29 is 14.4 Å². The number of halogens is 1. The second-order valence-electron chi connectivity index (χ2n) is 5.19. The van der Waals surface area contributed by atoms with Crippen molar-refractivity contribution in [3.8, 4) is 0 Å². The van der Waals surface area contributed by atoms with Crippen LogP contribution >= 0.6 is 27.7 Å². The standard InChI is InChI=1S/C17H13BrN2O3S/c18-13-5-3-12(4-6-13)16(22)19-14-7-1-11(2-8-14)9-20-15(21)10-24-17(20)23/h1-8H,9-10H2,(H,19,22). The third-order valence-corrected chi connectivity index (χ3v) is 4.89. The average molecular weight is 405 g/mol. The van der Waals surface area contributed by atoms with Crippen molar-refractivity contribution in [3.63, 3.8) is 0 Å². The van der Waals surface area contributed by atoms with Gasteiger partial charge in [0.15, 0.2) is 0 Å². The number of nitrogens with one attached hydrogen (secondary N) is 1. The Bertz CT molecular complexity index is 774. The molecule has 5 nitrogen and oxygen atoms in total. The maximum atomic E-state index is 12.1. The molecule has 0 saturated carbocycles. The van der Waals surface area contributed by atoms with Gasteiger partial charge in [0, 0.05) is 15.7 Å². The molecule has 0 atom stereocenters. The fourth-order valence-corrected chi connectivity index (χ4v) is 3.20. The van der Waals surface area contributed by atoms with Crippen LogP contribution in [0.2, 0.25) is 0 Å². The van der Waals surface area contributed by atoms with Gasteiger partial charge < -0.3 is 5.32 Å². The van der Waals surface area contributed by atoms with Crippen LogP contribution in [0, 0.1) is 0 Å². The molecule has 0 aromatic heterocycles. The Morgan fingerprint density at radius 1 is 1.08 bits per heavy atom. The first kappa shape index (κ1) is 16.7. The van der Waals surface area contributed by atoms with E-state index in [4.69, 9.17) is 0 Å². The molecule has 1 aliphatic rings. The van der Waals surface area contributed by atoms with Crippen molar-refractivity contribution >= 4 is 50.4 Å². The van der Waals surface area contributed by atoms with Gasteiger partial charge in [0.25, 0.3) is 11.1 Å². The van der Waals surface area contributed by atoms with Crippen molar-refractivity contribution in [3.05, 3.63) is 64.1 Å². The van der Waals surface area contributed by atoms with E-state index in [9.17, 15) is 14.4 Å². The number of hydrogen-bond donors (Lipinski definition) is 1. The molecule has 1 N–H and O–H groups in total. The molecule has 1 saturated heterocycles. The highest BCUT2D eigenvalue weighted by Crippen LogP contribution is 2.22. The minimum atomic E-state index is -0.215. The fraction of sp³-hybridized carbons (Fsp3) is 0.118. The van der Waals surface area contributed by atoms with Crippen LogP contribution in [0.5, 0.6) is 0 Å². The molecule has 3 rings (SSSR count). The number of imide groups is 1. The number of anilines is 1. The van der Waals surface area contributed by atoms with Crippen molar-refractivity contribution in [1.29, 1.82) is 0 Å². The first-order valence-corrected chi connectivity index (χ1v) is 8.94. The zero-order chi connectivity index (χ0) is 17.1. The third kappa shape index (κ3) is 3.85. The van der Waals surface area contributed by atoms with E-state index in [2.05, 4.69) is 21.2 Å². The summed E-state index contributed by atoms with van der Waals surface area (Å²) in [7, 11) is 0. The van der Waals surface area contributed by atoms with E-state index in [1.54, 1.807) is 48.5 Å². The smallest absolute Gasteiger partial charge is 0.289 e. The summed E-state index contributed by atoms with van der Waals surface area (Å²) in [6.45, 7) is 0.256. The predicted octanol–water partition coefficient (Wildman–Crippen LogP) is 3.90. The molecule has 1 heterocycles. The summed E-state index contributed by atoms with van der Waals surface area (Å²) in [5.41, 5.74) is 2.05. The van der Waals surface area contributed by atoms with Gasteiger partial charge in [-0.05, 0) is 42.0 Å². The van der Waals surface area contributed by atoms with E-state index in [-0.39, 0.29) is 29.4 Å².